The lowest BCUT2D eigenvalue weighted by Crippen LogP contribution is -2.45. The van der Waals surface area contributed by atoms with E-state index in [1.807, 2.05) is 50.2 Å². The Morgan fingerprint density at radius 2 is 1.74 bits per heavy atom. The summed E-state index contributed by atoms with van der Waals surface area (Å²) in [6.45, 7) is 4.45. The molecule has 3 nitrogen and oxygen atoms in total. The van der Waals surface area contributed by atoms with Crippen molar-refractivity contribution < 1.29 is 4.79 Å². The van der Waals surface area contributed by atoms with E-state index in [9.17, 15) is 4.79 Å². The van der Waals surface area contributed by atoms with E-state index in [2.05, 4.69) is 5.32 Å². The highest BCUT2D eigenvalue weighted by Gasteiger charge is 2.22. The lowest BCUT2D eigenvalue weighted by atomic mass is 9.94. The summed E-state index contributed by atoms with van der Waals surface area (Å²) in [6.07, 6.45) is 0.666. The van der Waals surface area contributed by atoms with Crippen molar-refractivity contribution in [1.29, 1.82) is 0 Å². The maximum absolute atomic E-state index is 12.4. The second-order valence-electron chi connectivity index (χ2n) is 6.01. The number of hydrogen-bond donors (Lipinski definition) is 2. The molecular weight excluding hydrogens is 331 g/mol. The van der Waals surface area contributed by atoms with E-state index in [0.717, 1.165) is 16.1 Å². The molecular formula is C18H22Cl2N2O. The summed E-state index contributed by atoms with van der Waals surface area (Å²) >= 11 is 6.19. The van der Waals surface area contributed by atoms with E-state index in [-0.39, 0.29) is 18.3 Å². The third kappa shape index (κ3) is 5.54. The van der Waals surface area contributed by atoms with Crippen LogP contribution in [0.15, 0.2) is 48.5 Å². The first-order valence-electron chi connectivity index (χ1n) is 7.26. The molecule has 0 aliphatic carbocycles. The molecule has 2 rings (SSSR count). The fourth-order valence-electron chi connectivity index (χ4n) is 2.33. The number of rotatable bonds is 5. The van der Waals surface area contributed by atoms with Crippen LogP contribution in [0.5, 0.6) is 0 Å². The Labute approximate surface area is 148 Å². The quantitative estimate of drug-likeness (QED) is 0.855. The van der Waals surface area contributed by atoms with Gasteiger partial charge in [-0.2, -0.15) is 0 Å². The normalized spacial score (nSPS) is 10.8. The van der Waals surface area contributed by atoms with Gasteiger partial charge in [0.2, 0.25) is 0 Å². The number of amides is 1. The van der Waals surface area contributed by atoms with Crippen LogP contribution in [0.4, 0.5) is 0 Å². The molecule has 5 heteroatoms. The van der Waals surface area contributed by atoms with Gasteiger partial charge in [0, 0.05) is 22.7 Å². The summed E-state index contributed by atoms with van der Waals surface area (Å²) < 4.78 is 0. The van der Waals surface area contributed by atoms with Gasteiger partial charge in [0.25, 0.3) is 5.91 Å². The number of halogens is 2. The molecule has 0 aromatic heterocycles. The average molecular weight is 353 g/mol. The van der Waals surface area contributed by atoms with Crippen LogP contribution < -0.4 is 11.1 Å². The van der Waals surface area contributed by atoms with E-state index < -0.39 is 5.54 Å². The molecule has 0 heterocycles. The second kappa shape index (κ2) is 8.34. The molecule has 0 fully saturated rings. The first kappa shape index (κ1) is 19.5. The zero-order valence-electron chi connectivity index (χ0n) is 13.3. The van der Waals surface area contributed by atoms with Crippen molar-refractivity contribution in [3.8, 4) is 0 Å². The molecule has 0 aliphatic heterocycles. The van der Waals surface area contributed by atoms with E-state index >= 15 is 0 Å². The van der Waals surface area contributed by atoms with Crippen molar-refractivity contribution in [3.05, 3.63) is 70.2 Å². The predicted molar refractivity (Wildman–Crippen MR) is 98.3 cm³/mol. The standard InChI is InChI=1S/C18H21ClN2O.ClH/c1-18(2,11-15-5-3-4-6-16(15)19)21-17(22)14-9-7-13(12-20)8-10-14;/h3-10H,11-12,20H2,1-2H3,(H,21,22);1H. The Bertz CT molecular complexity index is 654. The van der Waals surface area contributed by atoms with Gasteiger partial charge >= 0.3 is 0 Å². The van der Waals surface area contributed by atoms with Gasteiger partial charge in [-0.15, -0.1) is 12.4 Å². The minimum absolute atomic E-state index is 0. The summed E-state index contributed by atoms with van der Waals surface area (Å²) in [5.41, 5.74) is 7.83. The molecule has 0 radical (unpaired) electrons. The SMILES string of the molecule is CC(C)(Cc1ccccc1Cl)NC(=O)c1ccc(CN)cc1.Cl. The van der Waals surface area contributed by atoms with E-state index in [1.165, 1.54) is 0 Å². The fraction of sp³-hybridized carbons (Fsp3) is 0.278. The zero-order valence-corrected chi connectivity index (χ0v) is 14.9. The molecule has 0 spiro atoms. The summed E-state index contributed by atoms with van der Waals surface area (Å²) in [5.74, 6) is -0.0966. The average Bonchev–Trinajstić information content (AvgIpc) is 2.49. The molecule has 0 saturated heterocycles. The van der Waals surface area contributed by atoms with Crippen LogP contribution in [-0.4, -0.2) is 11.4 Å². The number of benzene rings is 2. The van der Waals surface area contributed by atoms with Crippen molar-refractivity contribution in [2.24, 2.45) is 5.73 Å². The highest BCUT2D eigenvalue weighted by molar-refractivity contribution is 6.31. The number of carbonyl (C=O) groups is 1. The molecule has 2 aromatic rings. The molecule has 1 amide bonds. The van der Waals surface area contributed by atoms with E-state index in [4.69, 9.17) is 17.3 Å². The first-order chi connectivity index (χ1) is 10.4. The van der Waals surface area contributed by atoms with Crippen LogP contribution in [0.3, 0.4) is 0 Å². The van der Waals surface area contributed by atoms with Crippen LogP contribution >= 0.6 is 24.0 Å². The lowest BCUT2D eigenvalue weighted by Gasteiger charge is -2.27. The summed E-state index contributed by atoms with van der Waals surface area (Å²) in [5, 5.41) is 3.78. The van der Waals surface area contributed by atoms with Crippen LogP contribution in [0.25, 0.3) is 0 Å². The van der Waals surface area contributed by atoms with Crippen LogP contribution in [0.1, 0.15) is 35.3 Å². The number of nitrogens with two attached hydrogens (primary N) is 1. The highest BCUT2D eigenvalue weighted by atomic mass is 35.5. The van der Waals surface area contributed by atoms with Crippen molar-refractivity contribution in [2.75, 3.05) is 0 Å². The highest BCUT2D eigenvalue weighted by Crippen LogP contribution is 2.21. The molecule has 3 N–H and O–H groups in total. The summed E-state index contributed by atoms with van der Waals surface area (Å²) in [7, 11) is 0. The Morgan fingerprint density at radius 3 is 2.30 bits per heavy atom. The zero-order chi connectivity index (χ0) is 16.2. The molecule has 23 heavy (non-hydrogen) atoms. The van der Waals surface area contributed by atoms with Crippen LogP contribution in [-0.2, 0) is 13.0 Å². The summed E-state index contributed by atoms with van der Waals surface area (Å²) in [6, 6.07) is 15.0. The second-order valence-corrected chi connectivity index (χ2v) is 6.41. The first-order valence-corrected chi connectivity index (χ1v) is 7.64. The Balaban J connectivity index is 0.00000264. The lowest BCUT2D eigenvalue weighted by molar-refractivity contribution is 0.0913. The maximum Gasteiger partial charge on any atom is 0.251 e. The predicted octanol–water partition coefficient (Wildman–Crippen LogP) is 3.97. The third-order valence-electron chi connectivity index (χ3n) is 3.49. The molecule has 0 aliphatic rings. The van der Waals surface area contributed by atoms with Gasteiger partial charge in [-0.3, -0.25) is 4.79 Å². The van der Waals surface area contributed by atoms with Gasteiger partial charge in [0.05, 0.1) is 0 Å². The third-order valence-corrected chi connectivity index (χ3v) is 3.86. The van der Waals surface area contributed by atoms with Gasteiger partial charge in [-0.05, 0) is 49.6 Å². The maximum atomic E-state index is 12.4. The van der Waals surface area contributed by atoms with Gasteiger partial charge in [-0.25, -0.2) is 0 Å². The Kier molecular flexibility index (Phi) is 7.07. The molecule has 0 atom stereocenters. The Morgan fingerprint density at radius 1 is 1.13 bits per heavy atom. The smallest absolute Gasteiger partial charge is 0.251 e. The molecule has 0 bridgehead atoms. The van der Waals surface area contributed by atoms with Gasteiger partial charge in [0.15, 0.2) is 0 Å². The number of hydrogen-bond acceptors (Lipinski definition) is 2. The minimum atomic E-state index is -0.394. The minimum Gasteiger partial charge on any atom is -0.347 e. The van der Waals surface area contributed by atoms with Crippen molar-refractivity contribution in [2.45, 2.75) is 32.4 Å². The molecule has 2 aromatic carbocycles. The van der Waals surface area contributed by atoms with Gasteiger partial charge in [-0.1, -0.05) is 41.9 Å². The summed E-state index contributed by atoms with van der Waals surface area (Å²) in [4.78, 5) is 12.4. The monoisotopic (exact) mass is 352 g/mol. The van der Waals surface area contributed by atoms with Crippen molar-refractivity contribution >= 4 is 29.9 Å². The molecule has 0 unspecified atom stereocenters. The molecule has 0 saturated carbocycles. The Hall–Kier alpha value is -1.55. The van der Waals surface area contributed by atoms with Gasteiger partial charge < -0.3 is 11.1 Å². The van der Waals surface area contributed by atoms with E-state index in [1.54, 1.807) is 12.1 Å². The number of nitrogens with one attached hydrogen (secondary N) is 1. The largest absolute Gasteiger partial charge is 0.347 e. The topological polar surface area (TPSA) is 55.1 Å². The fourth-order valence-corrected chi connectivity index (χ4v) is 2.54. The van der Waals surface area contributed by atoms with Crippen molar-refractivity contribution in [3.63, 3.8) is 0 Å². The van der Waals surface area contributed by atoms with Gasteiger partial charge in [0.1, 0.15) is 0 Å². The van der Waals surface area contributed by atoms with E-state index in [0.29, 0.717) is 18.5 Å². The van der Waals surface area contributed by atoms with Crippen LogP contribution in [0.2, 0.25) is 5.02 Å². The molecule has 124 valence electrons. The number of carbonyl (C=O) groups excluding carboxylic acids is 1. The van der Waals surface area contributed by atoms with Crippen molar-refractivity contribution in [1.82, 2.24) is 5.32 Å². The van der Waals surface area contributed by atoms with Crippen LogP contribution in [0, 0.1) is 0 Å².